The van der Waals surface area contributed by atoms with Crippen LogP contribution in [0.15, 0.2) is 90.5 Å². The molecule has 0 atom stereocenters. The minimum absolute atomic E-state index is 0.121. The molecule has 0 saturated carbocycles. The van der Waals surface area contributed by atoms with Crippen molar-refractivity contribution in [3.05, 3.63) is 113 Å². The first-order chi connectivity index (χ1) is 18.2. The first-order valence-corrected chi connectivity index (χ1v) is 14.2. The lowest BCUT2D eigenvalue weighted by molar-refractivity contribution is 0.506. The molecule has 4 aromatic rings. The van der Waals surface area contributed by atoms with E-state index in [0.29, 0.717) is 0 Å². The second kappa shape index (κ2) is 10.4. The van der Waals surface area contributed by atoms with Crippen LogP contribution in [0, 0.1) is 0 Å². The number of fused-ring (bicyclic) bond motifs is 3. The standard InChI is InChI=1S/C37H41N/c1-7-36(3,4)29-19-21-31-32-22-20-30(37(5,6)8-2)25-34(32)38-35(33(31)24-29)28-16-12-15-27(23-28)18-17-26-13-10-9-11-14-26/h9-11,13-14,16-25H,7-8,12,15H2,1-6H3/b18-17+. The molecule has 38 heavy (non-hydrogen) atoms. The van der Waals surface area contributed by atoms with Crippen molar-refractivity contribution in [1.82, 2.24) is 4.98 Å². The Bertz CT molecular complexity index is 1560. The van der Waals surface area contributed by atoms with Crippen LogP contribution in [0.4, 0.5) is 0 Å². The molecule has 0 fully saturated rings. The molecule has 1 nitrogen and oxygen atoms in total. The number of hydrogen-bond donors (Lipinski definition) is 0. The summed E-state index contributed by atoms with van der Waals surface area (Å²) in [5.74, 6) is 0. The molecule has 0 amide bonds. The zero-order valence-corrected chi connectivity index (χ0v) is 23.9. The zero-order valence-electron chi connectivity index (χ0n) is 23.9. The van der Waals surface area contributed by atoms with E-state index in [9.17, 15) is 0 Å². The van der Waals surface area contributed by atoms with Gasteiger partial charge < -0.3 is 0 Å². The molecule has 1 heteroatoms. The summed E-state index contributed by atoms with van der Waals surface area (Å²) in [5.41, 5.74) is 9.01. The number of hydrogen-bond acceptors (Lipinski definition) is 1. The van der Waals surface area contributed by atoms with Crippen molar-refractivity contribution in [3.8, 4) is 0 Å². The van der Waals surface area contributed by atoms with E-state index in [4.69, 9.17) is 4.98 Å². The van der Waals surface area contributed by atoms with Crippen molar-refractivity contribution in [3.63, 3.8) is 0 Å². The summed E-state index contributed by atoms with van der Waals surface area (Å²) in [4.78, 5) is 5.40. The van der Waals surface area contributed by atoms with Crippen molar-refractivity contribution in [2.45, 2.75) is 78.1 Å². The molecule has 5 rings (SSSR count). The Balaban J connectivity index is 1.70. The van der Waals surface area contributed by atoms with Crippen molar-refractivity contribution < 1.29 is 0 Å². The van der Waals surface area contributed by atoms with Crippen molar-refractivity contribution in [2.75, 3.05) is 0 Å². The average Bonchev–Trinajstić information content (AvgIpc) is 2.95. The van der Waals surface area contributed by atoms with E-state index in [1.165, 1.54) is 44.0 Å². The minimum atomic E-state index is 0.121. The second-order valence-corrected chi connectivity index (χ2v) is 12.1. The first-order valence-electron chi connectivity index (χ1n) is 14.2. The summed E-state index contributed by atoms with van der Waals surface area (Å²) in [7, 11) is 0. The van der Waals surface area contributed by atoms with Crippen LogP contribution in [0.2, 0.25) is 0 Å². The molecule has 0 radical (unpaired) electrons. The summed E-state index contributed by atoms with van der Waals surface area (Å²) in [5, 5.41) is 3.79. The van der Waals surface area contributed by atoms with E-state index in [1.807, 2.05) is 0 Å². The van der Waals surface area contributed by atoms with Gasteiger partial charge in [0.2, 0.25) is 0 Å². The number of pyridine rings is 1. The van der Waals surface area contributed by atoms with Gasteiger partial charge in [0.25, 0.3) is 0 Å². The predicted molar refractivity (Wildman–Crippen MR) is 167 cm³/mol. The zero-order chi connectivity index (χ0) is 26.9. The van der Waals surface area contributed by atoms with Crippen molar-refractivity contribution in [1.29, 1.82) is 0 Å². The fourth-order valence-electron chi connectivity index (χ4n) is 5.27. The first kappa shape index (κ1) is 26.2. The third-order valence-electron chi connectivity index (χ3n) is 8.83. The van der Waals surface area contributed by atoms with Gasteiger partial charge in [0.15, 0.2) is 0 Å². The highest BCUT2D eigenvalue weighted by Gasteiger charge is 2.22. The third kappa shape index (κ3) is 5.12. The fraction of sp³-hybridized carbons (Fsp3) is 0.324. The highest BCUT2D eigenvalue weighted by atomic mass is 14.7. The van der Waals surface area contributed by atoms with Gasteiger partial charge in [0.05, 0.1) is 11.2 Å². The lowest BCUT2D eigenvalue weighted by Gasteiger charge is -2.25. The topological polar surface area (TPSA) is 12.9 Å². The number of allylic oxidation sites excluding steroid dienone is 5. The maximum atomic E-state index is 5.40. The van der Waals surface area contributed by atoms with Crippen LogP contribution in [0.5, 0.6) is 0 Å². The Hall–Kier alpha value is -3.45. The molecule has 1 aromatic heterocycles. The van der Waals surface area contributed by atoms with E-state index in [0.717, 1.165) is 36.9 Å². The minimum Gasteiger partial charge on any atom is -0.247 e. The molecule has 1 aliphatic rings. The smallest absolute Gasteiger partial charge is 0.0785 e. The summed E-state index contributed by atoms with van der Waals surface area (Å²) < 4.78 is 0. The van der Waals surface area contributed by atoms with E-state index in [-0.39, 0.29) is 10.8 Å². The summed E-state index contributed by atoms with van der Waals surface area (Å²) in [6.45, 7) is 13.9. The fourth-order valence-corrected chi connectivity index (χ4v) is 5.27. The van der Waals surface area contributed by atoms with Gasteiger partial charge in [-0.3, -0.25) is 0 Å². The normalized spacial score (nSPS) is 14.8. The summed E-state index contributed by atoms with van der Waals surface area (Å²) in [6, 6.07) is 24.6. The molecular weight excluding hydrogens is 458 g/mol. The molecular formula is C37H41N. The van der Waals surface area contributed by atoms with Crippen LogP contribution in [0.3, 0.4) is 0 Å². The monoisotopic (exact) mass is 499 g/mol. The van der Waals surface area contributed by atoms with Crippen LogP contribution in [0.1, 0.15) is 89.6 Å². The van der Waals surface area contributed by atoms with E-state index < -0.39 is 0 Å². The quantitative estimate of drug-likeness (QED) is 0.230. The summed E-state index contributed by atoms with van der Waals surface area (Å²) in [6.07, 6.45) is 13.5. The van der Waals surface area contributed by atoms with Crippen LogP contribution in [0.25, 0.3) is 33.3 Å². The van der Waals surface area contributed by atoms with E-state index in [1.54, 1.807) is 0 Å². The average molecular weight is 500 g/mol. The van der Waals surface area contributed by atoms with Crippen LogP contribution < -0.4 is 0 Å². The van der Waals surface area contributed by atoms with Gasteiger partial charge in [-0.15, -0.1) is 0 Å². The maximum absolute atomic E-state index is 5.40. The Kier molecular flexibility index (Phi) is 7.14. The molecule has 194 valence electrons. The number of nitrogens with zero attached hydrogens (tertiary/aromatic N) is 1. The van der Waals surface area contributed by atoms with Crippen molar-refractivity contribution >= 4 is 33.3 Å². The number of rotatable bonds is 7. The van der Waals surface area contributed by atoms with Gasteiger partial charge in [0.1, 0.15) is 0 Å². The van der Waals surface area contributed by atoms with Gasteiger partial charge in [0, 0.05) is 10.8 Å². The Labute approximate surface area is 229 Å². The largest absolute Gasteiger partial charge is 0.247 e. The van der Waals surface area contributed by atoms with E-state index in [2.05, 4.69) is 133 Å². The molecule has 0 N–H and O–H groups in total. The maximum Gasteiger partial charge on any atom is 0.0785 e. The lowest BCUT2D eigenvalue weighted by Crippen LogP contribution is -2.16. The molecule has 0 aliphatic heterocycles. The Morgan fingerprint density at radius 1 is 0.737 bits per heavy atom. The van der Waals surface area contributed by atoms with Crippen LogP contribution in [-0.2, 0) is 10.8 Å². The molecule has 0 bridgehead atoms. The highest BCUT2D eigenvalue weighted by Crippen LogP contribution is 2.38. The third-order valence-corrected chi connectivity index (χ3v) is 8.83. The molecule has 0 saturated heterocycles. The molecule has 1 heterocycles. The van der Waals surface area contributed by atoms with Gasteiger partial charge in [-0.25, -0.2) is 4.98 Å². The van der Waals surface area contributed by atoms with E-state index >= 15 is 0 Å². The highest BCUT2D eigenvalue weighted by molar-refractivity contribution is 6.10. The molecule has 1 aliphatic carbocycles. The number of aromatic nitrogens is 1. The van der Waals surface area contributed by atoms with Gasteiger partial charge in [-0.1, -0.05) is 114 Å². The second-order valence-electron chi connectivity index (χ2n) is 12.1. The molecule has 0 unspecified atom stereocenters. The Morgan fingerprint density at radius 2 is 1.39 bits per heavy atom. The Morgan fingerprint density at radius 3 is 2.08 bits per heavy atom. The molecule has 3 aromatic carbocycles. The van der Waals surface area contributed by atoms with Crippen LogP contribution in [-0.4, -0.2) is 4.98 Å². The van der Waals surface area contributed by atoms with Gasteiger partial charge >= 0.3 is 0 Å². The van der Waals surface area contributed by atoms with Crippen LogP contribution >= 0.6 is 0 Å². The SMILES string of the molecule is CCC(C)(C)c1ccc2c(c1)nc(C1=CCCC(/C=C/c3ccccc3)=C1)c1cc(C(C)(C)CC)ccc12. The number of benzene rings is 3. The molecule has 0 spiro atoms. The van der Waals surface area contributed by atoms with Crippen molar-refractivity contribution in [2.24, 2.45) is 0 Å². The van der Waals surface area contributed by atoms with Gasteiger partial charge in [-0.05, 0) is 87.9 Å². The lowest BCUT2D eigenvalue weighted by atomic mass is 9.80. The summed E-state index contributed by atoms with van der Waals surface area (Å²) >= 11 is 0. The predicted octanol–water partition coefficient (Wildman–Crippen LogP) is 10.6. The van der Waals surface area contributed by atoms with Gasteiger partial charge in [-0.2, -0.15) is 0 Å².